The first kappa shape index (κ1) is 9.71. The minimum Gasteiger partial charge on any atom is -0.133 e. The molecule has 0 saturated carbocycles. The van der Waals surface area contributed by atoms with E-state index in [-0.39, 0.29) is 0 Å². The zero-order valence-electron chi connectivity index (χ0n) is 6.87. The van der Waals surface area contributed by atoms with Crippen molar-refractivity contribution in [1.82, 2.24) is 0 Å². The van der Waals surface area contributed by atoms with Crippen LogP contribution in [0.2, 0.25) is 5.02 Å². The van der Waals surface area contributed by atoms with E-state index in [2.05, 4.69) is 24.8 Å². The Morgan fingerprint density at radius 3 is 2.92 bits per heavy atom. The molecule has 1 aromatic heterocycles. The highest BCUT2D eigenvalue weighted by Gasteiger charge is 2.06. The molecule has 0 nitrogen and oxygen atoms in total. The van der Waals surface area contributed by atoms with Crippen molar-refractivity contribution in [3.63, 3.8) is 0 Å². The van der Waals surface area contributed by atoms with Gasteiger partial charge in [0.1, 0.15) is 0 Å². The largest absolute Gasteiger partial charge is 0.133 e. The SMILES string of the molecule is CSc1ccc2sc(S)cc2c1Cl. The van der Waals surface area contributed by atoms with Gasteiger partial charge in [0.05, 0.1) is 9.23 Å². The normalized spacial score (nSPS) is 11.0. The Morgan fingerprint density at radius 1 is 1.46 bits per heavy atom. The lowest BCUT2D eigenvalue weighted by molar-refractivity contribution is 1.52. The minimum absolute atomic E-state index is 0.849. The highest BCUT2D eigenvalue weighted by atomic mass is 35.5. The maximum atomic E-state index is 6.21. The van der Waals surface area contributed by atoms with Crippen LogP contribution >= 0.6 is 47.3 Å². The second kappa shape index (κ2) is 3.73. The van der Waals surface area contributed by atoms with Crippen LogP contribution in [0.3, 0.4) is 0 Å². The zero-order chi connectivity index (χ0) is 9.42. The Hall–Kier alpha value is 0.170. The Bertz CT molecular complexity index is 447. The summed E-state index contributed by atoms with van der Waals surface area (Å²) in [6.07, 6.45) is 2.03. The fourth-order valence-corrected chi connectivity index (χ4v) is 3.44. The number of thiophene rings is 1. The third kappa shape index (κ3) is 1.71. The van der Waals surface area contributed by atoms with E-state index < -0.39 is 0 Å². The van der Waals surface area contributed by atoms with Gasteiger partial charge in [-0.1, -0.05) is 11.6 Å². The molecular weight excluding hydrogens is 240 g/mol. The lowest BCUT2D eigenvalue weighted by atomic mass is 10.3. The van der Waals surface area contributed by atoms with E-state index in [1.165, 1.54) is 4.70 Å². The number of benzene rings is 1. The summed E-state index contributed by atoms with van der Waals surface area (Å²) in [5, 5.41) is 1.96. The predicted molar refractivity (Wildman–Crippen MR) is 65.9 cm³/mol. The molecule has 0 atom stereocenters. The van der Waals surface area contributed by atoms with E-state index in [1.807, 2.05) is 12.3 Å². The van der Waals surface area contributed by atoms with Crippen LogP contribution in [0.15, 0.2) is 27.3 Å². The molecule has 0 N–H and O–H groups in total. The van der Waals surface area contributed by atoms with Crippen molar-refractivity contribution >= 4 is 57.4 Å². The molecule has 0 aliphatic rings. The Kier molecular flexibility index (Phi) is 2.79. The topological polar surface area (TPSA) is 0 Å². The summed E-state index contributed by atoms with van der Waals surface area (Å²) < 4.78 is 2.21. The van der Waals surface area contributed by atoms with Gasteiger partial charge < -0.3 is 0 Å². The van der Waals surface area contributed by atoms with Gasteiger partial charge in [0, 0.05) is 15.0 Å². The van der Waals surface area contributed by atoms with Crippen LogP contribution in [0.1, 0.15) is 0 Å². The monoisotopic (exact) mass is 246 g/mol. The second-order valence-electron chi connectivity index (χ2n) is 2.58. The molecule has 68 valence electrons. The maximum Gasteiger partial charge on any atom is 0.0628 e. The van der Waals surface area contributed by atoms with Gasteiger partial charge in [0.25, 0.3) is 0 Å². The molecule has 1 heterocycles. The second-order valence-corrected chi connectivity index (χ2v) is 5.67. The molecule has 13 heavy (non-hydrogen) atoms. The van der Waals surface area contributed by atoms with Gasteiger partial charge in [0.15, 0.2) is 0 Å². The highest BCUT2D eigenvalue weighted by molar-refractivity contribution is 7.98. The van der Waals surface area contributed by atoms with Crippen molar-refractivity contribution in [2.24, 2.45) is 0 Å². The van der Waals surface area contributed by atoms with Gasteiger partial charge in [-0.05, 0) is 24.5 Å². The van der Waals surface area contributed by atoms with Crippen LogP contribution < -0.4 is 0 Å². The van der Waals surface area contributed by atoms with E-state index in [4.69, 9.17) is 11.6 Å². The first-order chi connectivity index (χ1) is 6.22. The maximum absolute atomic E-state index is 6.21. The summed E-state index contributed by atoms with van der Waals surface area (Å²) in [6.45, 7) is 0. The number of hydrogen-bond donors (Lipinski definition) is 1. The van der Waals surface area contributed by atoms with Crippen LogP contribution in [-0.4, -0.2) is 6.26 Å². The molecule has 1 aromatic carbocycles. The quantitative estimate of drug-likeness (QED) is 0.568. The van der Waals surface area contributed by atoms with Crippen LogP contribution in [0.4, 0.5) is 0 Å². The van der Waals surface area contributed by atoms with Crippen molar-refractivity contribution in [2.75, 3.05) is 6.26 Å². The standard InChI is InChI=1S/C9H7ClS3/c1-12-7-3-2-6-5(9(7)10)4-8(11)13-6/h2-4,11H,1H3. The van der Waals surface area contributed by atoms with Gasteiger partial charge in [-0.3, -0.25) is 0 Å². The van der Waals surface area contributed by atoms with Crippen LogP contribution in [0, 0.1) is 0 Å². The van der Waals surface area contributed by atoms with Gasteiger partial charge in [-0.2, -0.15) is 0 Å². The predicted octanol–water partition coefficient (Wildman–Crippen LogP) is 4.57. The summed E-state index contributed by atoms with van der Waals surface area (Å²) in [6, 6.07) is 6.17. The summed E-state index contributed by atoms with van der Waals surface area (Å²) >= 11 is 13.8. The number of thiol groups is 1. The number of rotatable bonds is 1. The first-order valence-corrected chi connectivity index (χ1v) is 6.54. The van der Waals surface area contributed by atoms with E-state index in [1.54, 1.807) is 23.1 Å². The molecule has 0 spiro atoms. The Morgan fingerprint density at radius 2 is 2.23 bits per heavy atom. The van der Waals surface area contributed by atoms with Crippen LogP contribution in [-0.2, 0) is 0 Å². The Balaban J connectivity index is 2.78. The lowest BCUT2D eigenvalue weighted by Gasteiger charge is -2.00. The zero-order valence-corrected chi connectivity index (χ0v) is 10.2. The lowest BCUT2D eigenvalue weighted by Crippen LogP contribution is -1.72. The fourth-order valence-electron chi connectivity index (χ4n) is 1.20. The van der Waals surface area contributed by atoms with Gasteiger partial charge >= 0.3 is 0 Å². The summed E-state index contributed by atoms with van der Waals surface area (Å²) in [5.41, 5.74) is 0. The number of thioether (sulfide) groups is 1. The summed E-state index contributed by atoms with van der Waals surface area (Å²) in [4.78, 5) is 1.13. The summed E-state index contributed by atoms with van der Waals surface area (Å²) in [7, 11) is 0. The molecule has 0 amide bonds. The third-order valence-corrected chi connectivity index (χ3v) is 4.41. The van der Waals surface area contributed by atoms with Gasteiger partial charge in [0.2, 0.25) is 0 Å². The van der Waals surface area contributed by atoms with Gasteiger partial charge in [-0.25, -0.2) is 0 Å². The van der Waals surface area contributed by atoms with Crippen molar-refractivity contribution < 1.29 is 0 Å². The molecule has 2 aromatic rings. The van der Waals surface area contributed by atoms with Crippen molar-refractivity contribution in [2.45, 2.75) is 9.10 Å². The molecule has 0 fully saturated rings. The molecule has 0 radical (unpaired) electrons. The number of fused-ring (bicyclic) bond motifs is 1. The van der Waals surface area contributed by atoms with Crippen molar-refractivity contribution in [3.05, 3.63) is 23.2 Å². The molecular formula is C9H7ClS3. The fraction of sp³-hybridized carbons (Fsp3) is 0.111. The molecule has 0 saturated heterocycles. The molecule has 0 aliphatic carbocycles. The van der Waals surface area contributed by atoms with E-state index in [0.717, 1.165) is 19.5 Å². The molecule has 4 heteroatoms. The molecule has 2 rings (SSSR count). The highest BCUT2D eigenvalue weighted by Crippen LogP contribution is 2.37. The van der Waals surface area contributed by atoms with E-state index in [0.29, 0.717) is 0 Å². The van der Waals surface area contributed by atoms with Gasteiger partial charge in [-0.15, -0.1) is 35.7 Å². The minimum atomic E-state index is 0.849. The van der Waals surface area contributed by atoms with E-state index in [9.17, 15) is 0 Å². The average molecular weight is 247 g/mol. The summed E-state index contributed by atoms with van der Waals surface area (Å²) in [5.74, 6) is 0. The third-order valence-electron chi connectivity index (χ3n) is 1.81. The number of halogens is 1. The number of hydrogen-bond acceptors (Lipinski definition) is 3. The smallest absolute Gasteiger partial charge is 0.0628 e. The van der Waals surface area contributed by atoms with Crippen molar-refractivity contribution in [3.8, 4) is 0 Å². The molecule has 0 unspecified atom stereocenters. The average Bonchev–Trinajstić information content (AvgIpc) is 2.47. The molecule has 0 bridgehead atoms. The Labute approximate surface area is 95.7 Å². The molecule has 0 aliphatic heterocycles. The first-order valence-electron chi connectivity index (χ1n) is 3.67. The van der Waals surface area contributed by atoms with Crippen molar-refractivity contribution in [1.29, 1.82) is 0 Å². The van der Waals surface area contributed by atoms with Crippen LogP contribution in [0.5, 0.6) is 0 Å². The van der Waals surface area contributed by atoms with Crippen LogP contribution in [0.25, 0.3) is 10.1 Å². The van der Waals surface area contributed by atoms with E-state index >= 15 is 0 Å².